The molecule has 13 rings (SSSR count). The lowest BCUT2D eigenvalue weighted by Gasteiger charge is -2.14. The molecule has 8 aromatic carbocycles. The van der Waals surface area contributed by atoms with E-state index in [1.165, 1.54) is 87.1 Å². The van der Waals surface area contributed by atoms with Gasteiger partial charge >= 0.3 is 0 Å². The molecule has 0 saturated carbocycles. The summed E-state index contributed by atoms with van der Waals surface area (Å²) in [6.07, 6.45) is 0. The summed E-state index contributed by atoms with van der Waals surface area (Å²) >= 11 is 0. The van der Waals surface area contributed by atoms with Crippen molar-refractivity contribution in [2.45, 2.75) is 0 Å². The highest BCUT2D eigenvalue weighted by Gasteiger charge is 2.29. The summed E-state index contributed by atoms with van der Waals surface area (Å²) in [6, 6.07) is 53.2. The number of hydrogen-bond donors (Lipinski definition) is 0. The van der Waals surface area contributed by atoms with Crippen molar-refractivity contribution >= 4 is 92.5 Å². The van der Waals surface area contributed by atoms with E-state index in [9.17, 15) is 0 Å². The van der Waals surface area contributed by atoms with Crippen LogP contribution in [-0.2, 0) is 0 Å². The first-order chi connectivity index (χ1) is 24.8. The van der Waals surface area contributed by atoms with Gasteiger partial charge in [-0.2, -0.15) is 0 Å². The molecule has 0 N–H and O–H groups in total. The minimum atomic E-state index is 0.923. The predicted octanol–water partition coefficient (Wildman–Crippen LogP) is 11.8. The maximum absolute atomic E-state index is 5.16. The number of para-hydroxylation sites is 4. The molecule has 0 bridgehead atoms. The number of rotatable bonds is 1. The molecule has 4 heteroatoms. The molecule has 0 atom stereocenters. The van der Waals surface area contributed by atoms with Crippen LogP contribution in [0.15, 0.2) is 146 Å². The Labute approximate surface area is 284 Å². The Morgan fingerprint density at radius 2 is 1.00 bits per heavy atom. The van der Waals surface area contributed by atoms with Gasteiger partial charge in [-0.1, -0.05) is 91.0 Å². The van der Waals surface area contributed by atoms with Gasteiger partial charge < -0.3 is 8.97 Å². The first-order valence-electron chi connectivity index (χ1n) is 17.2. The van der Waals surface area contributed by atoms with Crippen LogP contribution < -0.4 is 0 Å². The summed E-state index contributed by atoms with van der Waals surface area (Å²) in [7, 11) is 0. The highest BCUT2D eigenvalue weighted by atomic mass is 15.0. The van der Waals surface area contributed by atoms with Gasteiger partial charge in [0.25, 0.3) is 0 Å². The lowest BCUT2D eigenvalue weighted by Crippen LogP contribution is -1.96. The molecular weight excluding hydrogens is 609 g/mol. The van der Waals surface area contributed by atoms with Gasteiger partial charge in [0, 0.05) is 54.2 Å². The number of benzene rings is 8. The molecule has 4 nitrogen and oxygen atoms in total. The molecule has 1 aliphatic rings. The fourth-order valence-electron chi connectivity index (χ4n) is 9.30. The SMILES string of the molecule is c1ccc2cc3c(cc2c1)c1cc2c4ccccc4n4c5ccccc5c(c1n3-c1ccc3c5c(cccc15)-c1nc5ccccc5nc1-3)c24. The second-order valence-corrected chi connectivity index (χ2v) is 13.7. The smallest absolute Gasteiger partial charge is 0.0979 e. The molecule has 4 aromatic heterocycles. The molecule has 0 spiro atoms. The van der Waals surface area contributed by atoms with Crippen molar-refractivity contribution in [1.82, 2.24) is 18.9 Å². The molecule has 0 aliphatic heterocycles. The predicted molar refractivity (Wildman–Crippen MR) is 208 cm³/mol. The Kier molecular flexibility index (Phi) is 4.36. The van der Waals surface area contributed by atoms with Crippen molar-refractivity contribution in [2.75, 3.05) is 0 Å². The molecule has 0 unspecified atom stereocenters. The summed E-state index contributed by atoms with van der Waals surface area (Å²) in [4.78, 5) is 10.3. The largest absolute Gasteiger partial charge is 0.308 e. The van der Waals surface area contributed by atoms with Crippen LogP contribution in [0.3, 0.4) is 0 Å². The molecule has 0 fully saturated rings. The van der Waals surface area contributed by atoms with Crippen LogP contribution in [-0.4, -0.2) is 18.9 Å². The highest BCUT2D eigenvalue weighted by Crippen LogP contribution is 2.50. The van der Waals surface area contributed by atoms with Gasteiger partial charge in [0.2, 0.25) is 0 Å². The van der Waals surface area contributed by atoms with Crippen molar-refractivity contribution in [1.29, 1.82) is 0 Å². The molecule has 4 heterocycles. The molecule has 12 aromatic rings. The van der Waals surface area contributed by atoms with E-state index in [1.54, 1.807) is 0 Å². The minimum Gasteiger partial charge on any atom is -0.308 e. The molecule has 0 radical (unpaired) electrons. The van der Waals surface area contributed by atoms with Crippen molar-refractivity contribution in [3.05, 3.63) is 146 Å². The van der Waals surface area contributed by atoms with Gasteiger partial charge in [-0.05, 0) is 65.4 Å². The summed E-state index contributed by atoms with van der Waals surface area (Å²) in [5.74, 6) is 0. The average molecular weight is 633 g/mol. The number of aromatic nitrogens is 4. The summed E-state index contributed by atoms with van der Waals surface area (Å²) in [6.45, 7) is 0. The fourth-order valence-corrected chi connectivity index (χ4v) is 9.30. The van der Waals surface area contributed by atoms with Gasteiger partial charge in [0.05, 0.1) is 55.7 Å². The maximum atomic E-state index is 5.16. The Morgan fingerprint density at radius 1 is 0.380 bits per heavy atom. The zero-order valence-corrected chi connectivity index (χ0v) is 26.6. The van der Waals surface area contributed by atoms with E-state index in [4.69, 9.17) is 9.97 Å². The number of fused-ring (bicyclic) bond motifs is 15. The quantitative estimate of drug-likeness (QED) is 0.180. The number of hydrogen-bond acceptors (Lipinski definition) is 2. The maximum Gasteiger partial charge on any atom is 0.0979 e. The van der Waals surface area contributed by atoms with Crippen LogP contribution in [0.5, 0.6) is 0 Å². The summed E-state index contributed by atoms with van der Waals surface area (Å²) < 4.78 is 5.04. The zero-order chi connectivity index (χ0) is 32.2. The Balaban J connectivity index is 1.26. The molecule has 228 valence electrons. The third-order valence-corrected chi connectivity index (χ3v) is 11.3. The Hall–Kier alpha value is -6.78. The van der Waals surface area contributed by atoms with Crippen molar-refractivity contribution < 1.29 is 0 Å². The normalized spacial score (nSPS) is 12.8. The second-order valence-electron chi connectivity index (χ2n) is 13.7. The van der Waals surface area contributed by atoms with E-state index in [-0.39, 0.29) is 0 Å². The van der Waals surface area contributed by atoms with Gasteiger partial charge in [-0.15, -0.1) is 0 Å². The van der Waals surface area contributed by atoms with Gasteiger partial charge in [-0.3, -0.25) is 0 Å². The third kappa shape index (κ3) is 2.88. The van der Waals surface area contributed by atoms with E-state index in [2.05, 4.69) is 142 Å². The highest BCUT2D eigenvalue weighted by molar-refractivity contribution is 6.35. The van der Waals surface area contributed by atoms with Crippen LogP contribution in [0.2, 0.25) is 0 Å². The van der Waals surface area contributed by atoms with Gasteiger partial charge in [0.15, 0.2) is 0 Å². The average Bonchev–Trinajstić information content (AvgIpc) is 3.88. The van der Waals surface area contributed by atoms with Crippen molar-refractivity contribution in [2.24, 2.45) is 0 Å². The monoisotopic (exact) mass is 632 g/mol. The van der Waals surface area contributed by atoms with Gasteiger partial charge in [0.1, 0.15) is 0 Å². The zero-order valence-electron chi connectivity index (χ0n) is 26.6. The fraction of sp³-hybridized carbons (Fsp3) is 0. The summed E-state index contributed by atoms with van der Waals surface area (Å²) in [5.41, 5.74) is 13.5. The standard InChI is InChI=1S/C46H24N4/c1-2-11-26-23-40-32(22-25(26)10-1)34-24-33-27-12-3-7-18-37(27)49-38-19-8-4-13-29(38)42(45(33)49)46(34)50(40)39-21-20-31-41-28(39)14-9-15-30(41)43-44(31)48-36-17-6-5-16-35(36)47-43/h1-24H. The van der Waals surface area contributed by atoms with E-state index < -0.39 is 0 Å². The van der Waals surface area contributed by atoms with Crippen molar-refractivity contribution in [3.63, 3.8) is 0 Å². The molecule has 50 heavy (non-hydrogen) atoms. The van der Waals surface area contributed by atoms with Crippen LogP contribution in [0.25, 0.3) is 121 Å². The topological polar surface area (TPSA) is 35.1 Å². The molecule has 0 saturated heterocycles. The third-order valence-electron chi connectivity index (χ3n) is 11.3. The van der Waals surface area contributed by atoms with E-state index >= 15 is 0 Å². The first kappa shape index (κ1) is 25.3. The molecule has 0 amide bonds. The van der Waals surface area contributed by atoms with E-state index in [0.29, 0.717) is 0 Å². The Morgan fingerprint density at radius 3 is 1.80 bits per heavy atom. The Bertz CT molecular complexity index is 3440. The second kappa shape index (κ2) is 8.62. The summed E-state index contributed by atoms with van der Waals surface area (Å²) in [5, 5.41) is 12.6. The lowest BCUT2D eigenvalue weighted by atomic mass is 10.0. The van der Waals surface area contributed by atoms with E-state index in [0.717, 1.165) is 33.5 Å². The number of nitrogens with zero attached hydrogens (tertiary/aromatic N) is 4. The van der Waals surface area contributed by atoms with E-state index in [1.807, 2.05) is 12.1 Å². The first-order valence-corrected chi connectivity index (χ1v) is 17.2. The van der Waals surface area contributed by atoms with Crippen LogP contribution in [0, 0.1) is 0 Å². The van der Waals surface area contributed by atoms with Crippen LogP contribution >= 0.6 is 0 Å². The molecular formula is C46H24N4. The van der Waals surface area contributed by atoms with Crippen molar-refractivity contribution in [3.8, 4) is 28.2 Å². The van der Waals surface area contributed by atoms with Gasteiger partial charge in [-0.25, -0.2) is 9.97 Å². The van der Waals surface area contributed by atoms with Crippen LogP contribution in [0.1, 0.15) is 0 Å². The molecule has 1 aliphatic carbocycles. The lowest BCUT2D eigenvalue weighted by molar-refractivity contribution is 1.21. The minimum absolute atomic E-state index is 0.923. The van der Waals surface area contributed by atoms with Crippen LogP contribution in [0.4, 0.5) is 0 Å².